The number of carbonyl (C=O) groups is 1. The van der Waals surface area contributed by atoms with E-state index in [9.17, 15) is 9.59 Å². The van der Waals surface area contributed by atoms with Crippen LogP contribution in [-0.2, 0) is 17.8 Å². The van der Waals surface area contributed by atoms with Gasteiger partial charge in [0.15, 0.2) is 0 Å². The summed E-state index contributed by atoms with van der Waals surface area (Å²) in [6, 6.07) is 24.0. The van der Waals surface area contributed by atoms with Crippen LogP contribution in [0.1, 0.15) is 12.5 Å². The van der Waals surface area contributed by atoms with E-state index in [4.69, 9.17) is 4.74 Å². The van der Waals surface area contributed by atoms with Crippen molar-refractivity contribution in [3.63, 3.8) is 0 Å². The lowest BCUT2D eigenvalue weighted by molar-refractivity contribution is -0.117. The van der Waals surface area contributed by atoms with E-state index in [-0.39, 0.29) is 24.0 Å². The smallest absolute Gasteiger partial charge is 0.351 e. The number of amides is 1. The lowest BCUT2D eigenvalue weighted by Crippen LogP contribution is -2.28. The molecule has 5 aromatic rings. The molecule has 8 heteroatoms. The summed E-state index contributed by atoms with van der Waals surface area (Å²) in [5.41, 5.74) is 2.79. The molecule has 0 aliphatic rings. The van der Waals surface area contributed by atoms with Crippen LogP contribution in [-0.4, -0.2) is 25.1 Å². The minimum absolute atomic E-state index is 0.192. The van der Waals surface area contributed by atoms with Gasteiger partial charge >= 0.3 is 5.69 Å². The third-order valence-electron chi connectivity index (χ3n) is 5.27. The fourth-order valence-corrected chi connectivity index (χ4v) is 3.60. The second-order valence-electron chi connectivity index (χ2n) is 7.52. The number of fused-ring (bicyclic) bond motifs is 3. The normalized spacial score (nSPS) is 11.1. The van der Waals surface area contributed by atoms with Crippen molar-refractivity contribution in [1.82, 2.24) is 19.2 Å². The van der Waals surface area contributed by atoms with Crippen molar-refractivity contribution >= 4 is 28.3 Å². The first-order valence-corrected chi connectivity index (χ1v) is 10.6. The molecule has 0 atom stereocenters. The van der Waals surface area contributed by atoms with Crippen LogP contribution >= 0.6 is 0 Å². The third kappa shape index (κ3) is 4.06. The lowest BCUT2D eigenvalue weighted by Gasteiger charge is -2.08. The first-order chi connectivity index (χ1) is 16.1. The summed E-state index contributed by atoms with van der Waals surface area (Å²) < 4.78 is 8.57. The molecule has 0 aliphatic heterocycles. The predicted molar refractivity (Wildman–Crippen MR) is 126 cm³/mol. The van der Waals surface area contributed by atoms with Crippen LogP contribution in [0.5, 0.6) is 11.6 Å². The lowest BCUT2D eigenvalue weighted by atomic mass is 10.2. The maximum absolute atomic E-state index is 13.2. The van der Waals surface area contributed by atoms with Gasteiger partial charge in [0.25, 0.3) is 5.88 Å². The van der Waals surface area contributed by atoms with Crippen molar-refractivity contribution in [3.05, 3.63) is 94.9 Å². The van der Waals surface area contributed by atoms with Crippen LogP contribution in [0.15, 0.2) is 83.7 Å². The maximum atomic E-state index is 13.2. The molecule has 0 unspecified atom stereocenters. The number of aryl methyl sites for hydroxylation is 1. The number of rotatable bonds is 6. The summed E-state index contributed by atoms with van der Waals surface area (Å²) >= 11 is 0. The molecule has 0 radical (unpaired) electrons. The molecule has 2 heterocycles. The Morgan fingerprint density at radius 2 is 1.70 bits per heavy atom. The fourth-order valence-electron chi connectivity index (χ4n) is 3.60. The molecular formula is C25H21N5O3. The molecule has 0 saturated carbocycles. The van der Waals surface area contributed by atoms with Crippen LogP contribution in [0, 0.1) is 0 Å². The van der Waals surface area contributed by atoms with Crippen molar-refractivity contribution in [2.45, 2.75) is 19.9 Å². The number of nitrogens with one attached hydrogen (secondary N) is 1. The van der Waals surface area contributed by atoms with Crippen molar-refractivity contribution < 1.29 is 9.53 Å². The highest BCUT2D eigenvalue weighted by atomic mass is 16.5. The third-order valence-corrected chi connectivity index (χ3v) is 5.27. The van der Waals surface area contributed by atoms with Crippen LogP contribution in [0.25, 0.3) is 16.7 Å². The Hall–Kier alpha value is -4.46. The quantitative estimate of drug-likeness (QED) is 0.431. The van der Waals surface area contributed by atoms with E-state index < -0.39 is 5.69 Å². The number of anilines is 1. The molecule has 33 heavy (non-hydrogen) atoms. The second kappa shape index (κ2) is 8.58. The molecule has 1 N–H and O–H groups in total. The Bertz CT molecular complexity index is 1500. The molecule has 5 rings (SSSR count). The molecule has 0 fully saturated rings. The van der Waals surface area contributed by atoms with Gasteiger partial charge in [0.05, 0.1) is 11.0 Å². The Morgan fingerprint density at radius 3 is 2.45 bits per heavy atom. The summed E-state index contributed by atoms with van der Waals surface area (Å²) in [4.78, 5) is 30.3. The van der Waals surface area contributed by atoms with Crippen molar-refractivity contribution in [3.8, 4) is 11.6 Å². The summed E-state index contributed by atoms with van der Waals surface area (Å²) in [5, 5.41) is 7.16. The average molecular weight is 439 g/mol. The first-order valence-electron chi connectivity index (χ1n) is 10.6. The summed E-state index contributed by atoms with van der Waals surface area (Å²) in [6.07, 6.45) is 0.920. The molecule has 3 aromatic carbocycles. The van der Waals surface area contributed by atoms with Crippen molar-refractivity contribution in [1.29, 1.82) is 0 Å². The van der Waals surface area contributed by atoms with Gasteiger partial charge in [0, 0.05) is 5.69 Å². The zero-order valence-corrected chi connectivity index (χ0v) is 17.9. The van der Waals surface area contributed by atoms with Gasteiger partial charge in [-0.1, -0.05) is 49.4 Å². The first kappa shape index (κ1) is 20.4. The summed E-state index contributed by atoms with van der Waals surface area (Å²) in [6.45, 7) is 1.84. The van der Waals surface area contributed by atoms with E-state index in [0.717, 1.165) is 11.1 Å². The van der Waals surface area contributed by atoms with E-state index in [1.54, 1.807) is 24.3 Å². The predicted octanol–water partition coefficient (Wildman–Crippen LogP) is 4.04. The molecule has 164 valence electrons. The molecule has 1 amide bonds. The van der Waals surface area contributed by atoms with Gasteiger partial charge in [-0.25, -0.2) is 18.9 Å². The number of benzene rings is 3. The monoisotopic (exact) mass is 439 g/mol. The van der Waals surface area contributed by atoms with E-state index >= 15 is 0 Å². The summed E-state index contributed by atoms with van der Waals surface area (Å²) in [5.74, 6) is 0.416. The molecule has 2 aromatic heterocycles. The van der Waals surface area contributed by atoms with E-state index in [1.807, 2.05) is 54.6 Å². The highest BCUT2D eigenvalue weighted by molar-refractivity contribution is 5.90. The number of hydrogen-bond acceptors (Lipinski definition) is 5. The standard InChI is InChI=1S/C25H21N5O3/c1-2-17-12-14-19(15-13-17)33-24-23-28-29(16-22(31)26-18-8-4-3-5-9-18)25(32)30(23)21-11-7-6-10-20(21)27-24/h3-15H,2,16H2,1H3,(H,26,31). The Balaban J connectivity index is 1.55. The molecule has 0 saturated heterocycles. The summed E-state index contributed by atoms with van der Waals surface area (Å²) in [7, 11) is 0. The zero-order valence-electron chi connectivity index (χ0n) is 17.9. The highest BCUT2D eigenvalue weighted by Gasteiger charge is 2.19. The van der Waals surface area contributed by atoms with Gasteiger partial charge in [0.1, 0.15) is 12.3 Å². The zero-order chi connectivity index (χ0) is 22.8. The van der Waals surface area contributed by atoms with Crippen molar-refractivity contribution in [2.24, 2.45) is 0 Å². The Labute approximate surface area is 189 Å². The Morgan fingerprint density at radius 1 is 0.970 bits per heavy atom. The van der Waals surface area contributed by atoms with Crippen LogP contribution in [0.3, 0.4) is 0 Å². The second-order valence-corrected chi connectivity index (χ2v) is 7.52. The van der Waals surface area contributed by atoms with Crippen LogP contribution < -0.4 is 15.7 Å². The average Bonchev–Trinajstić information content (AvgIpc) is 3.16. The van der Waals surface area contributed by atoms with Gasteiger partial charge in [-0.3, -0.25) is 4.79 Å². The molecule has 8 nitrogen and oxygen atoms in total. The largest absolute Gasteiger partial charge is 0.436 e. The van der Waals surface area contributed by atoms with Crippen molar-refractivity contribution in [2.75, 3.05) is 5.32 Å². The molecular weight excluding hydrogens is 418 g/mol. The SMILES string of the molecule is CCc1ccc(Oc2nc3ccccc3n3c(=O)n(CC(=O)Nc4ccccc4)nc23)cc1. The van der Waals surface area contributed by atoms with Crippen LogP contribution in [0.2, 0.25) is 0 Å². The van der Waals surface area contributed by atoms with Gasteiger partial charge in [-0.2, -0.15) is 0 Å². The number of carbonyl (C=O) groups excluding carboxylic acids is 1. The number of aromatic nitrogens is 4. The number of ether oxygens (including phenoxy) is 1. The molecule has 0 aliphatic carbocycles. The van der Waals surface area contributed by atoms with Gasteiger partial charge in [0.2, 0.25) is 11.6 Å². The number of nitrogens with zero attached hydrogens (tertiary/aromatic N) is 4. The Kier molecular flexibility index (Phi) is 5.32. The fraction of sp³-hybridized carbons (Fsp3) is 0.120. The van der Waals surface area contributed by atoms with E-state index in [2.05, 4.69) is 22.3 Å². The molecule has 0 bridgehead atoms. The van der Waals surface area contributed by atoms with E-state index in [0.29, 0.717) is 22.5 Å². The van der Waals surface area contributed by atoms with Gasteiger partial charge in [-0.05, 0) is 48.4 Å². The highest BCUT2D eigenvalue weighted by Crippen LogP contribution is 2.26. The van der Waals surface area contributed by atoms with Gasteiger partial charge in [-0.15, -0.1) is 5.10 Å². The molecule has 0 spiro atoms. The van der Waals surface area contributed by atoms with Crippen LogP contribution in [0.4, 0.5) is 5.69 Å². The van der Waals surface area contributed by atoms with Gasteiger partial charge < -0.3 is 10.1 Å². The maximum Gasteiger partial charge on any atom is 0.351 e. The minimum atomic E-state index is -0.446. The number of hydrogen-bond donors (Lipinski definition) is 1. The topological polar surface area (TPSA) is 90.5 Å². The number of para-hydroxylation sites is 3. The van der Waals surface area contributed by atoms with E-state index in [1.165, 1.54) is 9.96 Å². The minimum Gasteiger partial charge on any atom is -0.436 e.